The molecule has 2 N–H and O–H groups in total. The maximum absolute atomic E-state index is 13.3. The minimum Gasteiger partial charge on any atom is -0.380 e. The van der Waals surface area contributed by atoms with E-state index < -0.39 is 40.0 Å². The summed E-state index contributed by atoms with van der Waals surface area (Å²) in [6.45, 7) is 1.51. The quantitative estimate of drug-likeness (QED) is 0.225. The van der Waals surface area contributed by atoms with Gasteiger partial charge in [-0.2, -0.15) is 13.2 Å². The van der Waals surface area contributed by atoms with Crippen molar-refractivity contribution in [1.82, 2.24) is 23.6 Å². The molecular formula is C28H28F3N7O4S. The van der Waals surface area contributed by atoms with Gasteiger partial charge in [0.25, 0.3) is 10.9 Å². The highest BCUT2D eigenvalue weighted by Gasteiger charge is 2.39. The van der Waals surface area contributed by atoms with E-state index in [9.17, 15) is 31.2 Å². The second kappa shape index (κ2) is 10.8. The van der Waals surface area contributed by atoms with Crippen molar-refractivity contribution in [1.29, 1.82) is 0 Å². The number of benzene rings is 1. The van der Waals surface area contributed by atoms with Crippen LogP contribution in [0.4, 0.5) is 24.5 Å². The Bertz CT molecular complexity index is 1980. The Morgan fingerprint density at radius 2 is 1.77 bits per heavy atom. The summed E-state index contributed by atoms with van der Waals surface area (Å²) in [5.41, 5.74) is 0.149. The van der Waals surface area contributed by atoms with Crippen LogP contribution in [0.3, 0.4) is 0 Å². The van der Waals surface area contributed by atoms with Crippen LogP contribution in [0.2, 0.25) is 0 Å². The van der Waals surface area contributed by atoms with Gasteiger partial charge in [-0.3, -0.25) is 14.0 Å². The molecule has 1 saturated carbocycles. The number of nitrogens with one attached hydrogen (secondary N) is 2. The Morgan fingerprint density at radius 3 is 2.49 bits per heavy atom. The second-order valence-electron chi connectivity index (χ2n) is 10.9. The number of nitrogens with zero attached hydrogens (tertiary/aromatic N) is 5. The number of fused-ring (bicyclic) bond motifs is 3. The lowest BCUT2D eigenvalue weighted by Crippen LogP contribution is -2.39. The molecule has 3 heterocycles. The van der Waals surface area contributed by atoms with E-state index in [1.165, 1.54) is 12.4 Å². The molecule has 15 heteroatoms. The topological polar surface area (TPSA) is 140 Å². The lowest BCUT2D eigenvalue weighted by molar-refractivity contribution is -0.131. The highest BCUT2D eigenvalue weighted by Crippen LogP contribution is 2.43. The molecule has 0 saturated heterocycles. The van der Waals surface area contributed by atoms with Crippen LogP contribution >= 0.6 is 0 Å². The smallest absolute Gasteiger partial charge is 0.380 e. The third-order valence-corrected chi connectivity index (χ3v) is 9.67. The third kappa shape index (κ3) is 5.37. The van der Waals surface area contributed by atoms with Gasteiger partial charge >= 0.3 is 6.18 Å². The van der Waals surface area contributed by atoms with Crippen molar-refractivity contribution < 1.29 is 21.6 Å². The summed E-state index contributed by atoms with van der Waals surface area (Å²) in [5.74, 6) is 0.376. The fourth-order valence-electron chi connectivity index (χ4n) is 6.01. The molecule has 6 rings (SSSR count). The van der Waals surface area contributed by atoms with Gasteiger partial charge in [-0.1, -0.05) is 43.7 Å². The summed E-state index contributed by atoms with van der Waals surface area (Å²) in [4.78, 5) is 28.7. The van der Waals surface area contributed by atoms with Gasteiger partial charge in [0.15, 0.2) is 11.3 Å². The van der Waals surface area contributed by atoms with Gasteiger partial charge in [0.2, 0.25) is 10.0 Å². The number of aromatic nitrogens is 5. The highest BCUT2D eigenvalue weighted by molar-refractivity contribution is 7.89. The zero-order valence-electron chi connectivity index (χ0n) is 23.0. The minimum atomic E-state index is -4.39. The first-order valence-corrected chi connectivity index (χ1v) is 15.5. The van der Waals surface area contributed by atoms with Crippen LogP contribution < -0.4 is 21.5 Å². The Labute approximate surface area is 243 Å². The van der Waals surface area contributed by atoms with E-state index in [0.717, 1.165) is 10.4 Å². The molecule has 0 unspecified atom stereocenters. The van der Waals surface area contributed by atoms with Gasteiger partial charge in [-0.15, -0.1) is 10.2 Å². The normalized spacial score (nSPS) is 19.5. The van der Waals surface area contributed by atoms with Crippen molar-refractivity contribution in [3.63, 3.8) is 0 Å². The molecule has 1 aliphatic rings. The van der Waals surface area contributed by atoms with Crippen molar-refractivity contribution in [3.05, 3.63) is 80.6 Å². The van der Waals surface area contributed by atoms with Gasteiger partial charge in [0.1, 0.15) is 17.2 Å². The lowest BCUT2D eigenvalue weighted by atomic mass is 9.93. The first kappa shape index (κ1) is 28.8. The average molecular weight is 616 g/mol. The van der Waals surface area contributed by atoms with Gasteiger partial charge in [0.05, 0.1) is 23.9 Å². The molecule has 11 nitrogen and oxygen atoms in total. The van der Waals surface area contributed by atoms with E-state index in [4.69, 9.17) is 0 Å². The molecule has 3 atom stereocenters. The molecule has 1 aliphatic carbocycles. The highest BCUT2D eigenvalue weighted by atomic mass is 32.2. The van der Waals surface area contributed by atoms with Crippen molar-refractivity contribution in [2.45, 2.75) is 56.5 Å². The lowest BCUT2D eigenvalue weighted by Gasteiger charge is -2.19. The van der Waals surface area contributed by atoms with Crippen molar-refractivity contribution >= 4 is 38.2 Å². The fraction of sp³-hybridized carbons (Fsp3) is 0.393. The molecule has 0 amide bonds. The molecule has 0 aliphatic heterocycles. The zero-order valence-corrected chi connectivity index (χ0v) is 23.8. The van der Waals surface area contributed by atoms with E-state index in [2.05, 4.69) is 25.8 Å². The first-order valence-electron chi connectivity index (χ1n) is 13.9. The minimum absolute atomic E-state index is 0.00562. The Hall–Kier alpha value is -4.27. The molecule has 226 valence electrons. The summed E-state index contributed by atoms with van der Waals surface area (Å²) in [6, 6.07) is 10.3. The molecule has 1 fully saturated rings. The predicted molar refractivity (Wildman–Crippen MR) is 154 cm³/mol. The van der Waals surface area contributed by atoms with Crippen LogP contribution in [0.1, 0.15) is 49.9 Å². The summed E-state index contributed by atoms with van der Waals surface area (Å²) < 4.78 is 67.3. The Kier molecular flexibility index (Phi) is 7.22. The first-order chi connectivity index (χ1) is 20.5. The van der Waals surface area contributed by atoms with Crippen LogP contribution in [0, 0.1) is 5.92 Å². The van der Waals surface area contributed by atoms with Gasteiger partial charge in [-0.05, 0) is 30.4 Å². The van der Waals surface area contributed by atoms with Gasteiger partial charge < -0.3 is 10.6 Å². The van der Waals surface area contributed by atoms with E-state index in [0.29, 0.717) is 35.4 Å². The van der Waals surface area contributed by atoms with Crippen molar-refractivity contribution in [2.24, 2.45) is 5.92 Å². The fourth-order valence-corrected chi connectivity index (χ4v) is 7.42. The predicted octanol–water partition coefficient (Wildman–Crippen LogP) is 3.80. The number of halogens is 3. The monoisotopic (exact) mass is 615 g/mol. The second-order valence-corrected chi connectivity index (χ2v) is 12.7. The maximum Gasteiger partial charge on any atom is 0.390 e. The van der Waals surface area contributed by atoms with E-state index in [1.807, 2.05) is 13.0 Å². The molecule has 0 radical (unpaired) electrons. The molecule has 0 spiro atoms. The molecule has 0 bridgehead atoms. The van der Waals surface area contributed by atoms with Gasteiger partial charge in [-0.25, -0.2) is 17.4 Å². The van der Waals surface area contributed by atoms with Crippen LogP contribution in [-0.4, -0.2) is 50.7 Å². The molecule has 43 heavy (non-hydrogen) atoms. The molecule has 2 aromatic carbocycles. The summed E-state index contributed by atoms with van der Waals surface area (Å²) in [6.07, 6.45) is -0.682. The average Bonchev–Trinajstić information content (AvgIpc) is 3.70. The number of rotatable bonds is 10. The van der Waals surface area contributed by atoms with Crippen LogP contribution in [0.5, 0.6) is 0 Å². The van der Waals surface area contributed by atoms with Crippen LogP contribution in [-0.2, 0) is 15.8 Å². The third-order valence-electron chi connectivity index (χ3n) is 8.07. The zero-order chi connectivity index (χ0) is 30.5. The van der Waals surface area contributed by atoms with Crippen LogP contribution in [0.15, 0.2) is 58.4 Å². The van der Waals surface area contributed by atoms with Crippen LogP contribution in [0.25, 0.3) is 16.8 Å². The number of hydrogen-bond donors (Lipinski definition) is 2. The van der Waals surface area contributed by atoms with E-state index in [1.54, 1.807) is 34.7 Å². The summed E-state index contributed by atoms with van der Waals surface area (Å²) in [7, 11) is -3.79. The summed E-state index contributed by atoms with van der Waals surface area (Å²) in [5, 5.41) is 14.3. The van der Waals surface area contributed by atoms with E-state index >= 15 is 0 Å². The number of hydrogen-bond acceptors (Lipinski definition) is 9. The SMILES string of the molecule is CC[C@@H]1C[C@H](Nc2c(NCCC(F)(F)F)c(=O)c2=O)C[C@@H]1c1nnc2cnc3c(ccn3S(=O)(=O)Cc3ccccc3)n12. The largest absolute Gasteiger partial charge is 0.390 e. The van der Waals surface area contributed by atoms with E-state index in [-0.39, 0.29) is 40.7 Å². The van der Waals surface area contributed by atoms with Crippen molar-refractivity contribution in [2.75, 3.05) is 17.2 Å². The standard InChI is InChI=1S/C28H28F3N7O4S/c1-2-17-12-18(34-23-22(24(39)25(23)40)32-10-9-28(29,30)31)13-19(17)26-36-35-21-14-33-27-20(38(21)26)8-11-37(27)43(41,42)15-16-6-4-3-5-7-16/h3-8,11,14,17-19,32,34H,2,9-10,12-13,15H2,1H3/t17-,18+,19+/m1/s1. The number of alkyl halides is 3. The number of anilines is 2. The Balaban J connectivity index is 1.27. The summed E-state index contributed by atoms with van der Waals surface area (Å²) >= 11 is 0. The molecule has 5 aromatic rings. The Morgan fingerprint density at radius 1 is 1.02 bits per heavy atom. The van der Waals surface area contributed by atoms with Gasteiger partial charge in [0, 0.05) is 24.7 Å². The van der Waals surface area contributed by atoms with Crippen molar-refractivity contribution in [3.8, 4) is 0 Å². The molecule has 3 aromatic heterocycles. The maximum atomic E-state index is 13.3. The molecular weight excluding hydrogens is 587 g/mol.